The van der Waals surface area contributed by atoms with Crippen LogP contribution in [0, 0.1) is 0 Å². The van der Waals surface area contributed by atoms with Crippen molar-refractivity contribution >= 4 is 5.91 Å². The van der Waals surface area contributed by atoms with Gasteiger partial charge in [-0.15, -0.1) is 0 Å². The van der Waals surface area contributed by atoms with Gasteiger partial charge in [-0.3, -0.25) is 4.79 Å². The minimum atomic E-state index is 0.263. The van der Waals surface area contributed by atoms with Crippen LogP contribution < -0.4 is 10.5 Å². The number of nitrogens with zero attached hydrogens (tertiary/aromatic N) is 2. The fourth-order valence-electron chi connectivity index (χ4n) is 3.94. The molecule has 2 heterocycles. The van der Waals surface area contributed by atoms with E-state index in [2.05, 4.69) is 9.80 Å². The minimum Gasteiger partial charge on any atom is -0.492 e. The van der Waals surface area contributed by atoms with Gasteiger partial charge in [-0.1, -0.05) is 12.1 Å². The molecule has 0 spiro atoms. The molecule has 2 aliphatic heterocycles. The summed E-state index contributed by atoms with van der Waals surface area (Å²) in [4.78, 5) is 17.5. The van der Waals surface area contributed by atoms with Crippen molar-refractivity contribution < 1.29 is 9.53 Å². The van der Waals surface area contributed by atoms with Gasteiger partial charge < -0.3 is 20.3 Å². The molecule has 0 aromatic heterocycles. The van der Waals surface area contributed by atoms with E-state index >= 15 is 0 Å². The molecule has 0 saturated carbocycles. The van der Waals surface area contributed by atoms with Crippen LogP contribution in [-0.4, -0.2) is 61.1 Å². The number of hydrogen-bond acceptors (Lipinski definition) is 4. The quantitative estimate of drug-likeness (QED) is 0.822. The summed E-state index contributed by atoms with van der Waals surface area (Å²) in [5.41, 5.74) is 6.50. The second-order valence-corrected chi connectivity index (χ2v) is 7.20. The van der Waals surface area contributed by atoms with Crippen molar-refractivity contribution in [3.05, 3.63) is 29.8 Å². The maximum Gasteiger partial charge on any atom is 0.227 e. The summed E-state index contributed by atoms with van der Waals surface area (Å²) in [5.74, 6) is 1.08. The van der Waals surface area contributed by atoms with Crippen LogP contribution in [0.25, 0.3) is 0 Å². The molecule has 2 aliphatic rings. The highest BCUT2D eigenvalue weighted by atomic mass is 16.5. The molecule has 2 fully saturated rings. The molecule has 2 saturated heterocycles. The molecule has 25 heavy (non-hydrogen) atoms. The normalized spacial score (nSPS) is 21.5. The number of likely N-dealkylation sites (tertiary alicyclic amines) is 2. The van der Waals surface area contributed by atoms with Gasteiger partial charge >= 0.3 is 0 Å². The van der Waals surface area contributed by atoms with E-state index in [4.69, 9.17) is 10.5 Å². The van der Waals surface area contributed by atoms with Gasteiger partial charge in [-0.05, 0) is 62.9 Å². The number of benzene rings is 1. The molecule has 1 aromatic carbocycles. The predicted octanol–water partition coefficient (Wildman–Crippen LogP) is 2.04. The third-order valence-electron chi connectivity index (χ3n) is 5.28. The van der Waals surface area contributed by atoms with Crippen molar-refractivity contribution in [1.82, 2.24) is 9.80 Å². The standard InChI is InChI=1S/C20H31N3O2/c21-10-14-25-19-8-6-17(7-9-19)15-20(24)23-13-2-1-5-18(23)16-22-11-3-4-12-22/h6-9,18H,1-5,10-16,21H2/t18-/m0/s1. The van der Waals surface area contributed by atoms with Crippen LogP contribution in [0.15, 0.2) is 24.3 Å². The summed E-state index contributed by atoms with van der Waals surface area (Å²) >= 11 is 0. The SMILES string of the molecule is NCCOc1ccc(CC(=O)N2CCCC[C@H]2CN2CCCC2)cc1. The number of nitrogens with two attached hydrogens (primary N) is 1. The molecule has 2 N–H and O–H groups in total. The maximum atomic E-state index is 12.9. The van der Waals surface area contributed by atoms with Crippen LogP contribution in [-0.2, 0) is 11.2 Å². The number of carbonyl (C=O) groups excluding carboxylic acids is 1. The summed E-state index contributed by atoms with van der Waals surface area (Å²) in [6, 6.07) is 8.23. The van der Waals surface area contributed by atoms with Gasteiger partial charge in [0.25, 0.3) is 0 Å². The lowest BCUT2D eigenvalue weighted by Gasteiger charge is -2.38. The molecule has 0 unspecified atom stereocenters. The third-order valence-corrected chi connectivity index (χ3v) is 5.28. The Morgan fingerprint density at radius 1 is 1.08 bits per heavy atom. The number of ether oxygens (including phenoxy) is 1. The van der Waals surface area contributed by atoms with E-state index in [0.29, 0.717) is 25.6 Å². The molecule has 1 amide bonds. The molecule has 5 heteroatoms. The van der Waals surface area contributed by atoms with E-state index < -0.39 is 0 Å². The predicted molar refractivity (Wildman–Crippen MR) is 99.7 cm³/mol. The smallest absolute Gasteiger partial charge is 0.227 e. The molecule has 1 atom stereocenters. The van der Waals surface area contributed by atoms with Crippen LogP contribution in [0.2, 0.25) is 0 Å². The van der Waals surface area contributed by atoms with Gasteiger partial charge in [0.15, 0.2) is 0 Å². The van der Waals surface area contributed by atoms with E-state index in [9.17, 15) is 4.79 Å². The summed E-state index contributed by atoms with van der Waals surface area (Å²) in [6.07, 6.45) is 6.61. The fraction of sp³-hybridized carbons (Fsp3) is 0.650. The molecular formula is C20H31N3O2. The fourth-order valence-corrected chi connectivity index (χ4v) is 3.94. The Balaban J connectivity index is 1.56. The molecule has 5 nitrogen and oxygen atoms in total. The van der Waals surface area contributed by atoms with Crippen LogP contribution in [0.5, 0.6) is 5.75 Å². The zero-order valence-corrected chi connectivity index (χ0v) is 15.2. The molecule has 0 aliphatic carbocycles. The third kappa shape index (κ3) is 5.19. The van der Waals surface area contributed by atoms with Gasteiger partial charge in [-0.25, -0.2) is 0 Å². The average Bonchev–Trinajstić information content (AvgIpc) is 3.14. The highest BCUT2D eigenvalue weighted by molar-refractivity contribution is 5.79. The number of hydrogen-bond donors (Lipinski definition) is 1. The van der Waals surface area contributed by atoms with Crippen LogP contribution in [0.4, 0.5) is 0 Å². The first-order valence-electron chi connectivity index (χ1n) is 9.70. The summed E-state index contributed by atoms with van der Waals surface area (Å²) in [7, 11) is 0. The topological polar surface area (TPSA) is 58.8 Å². The Hall–Kier alpha value is -1.59. The first-order valence-corrected chi connectivity index (χ1v) is 9.70. The molecule has 3 rings (SSSR count). The molecule has 0 radical (unpaired) electrons. The average molecular weight is 345 g/mol. The first kappa shape index (κ1) is 18.2. The van der Waals surface area contributed by atoms with Crippen molar-refractivity contribution in [3.8, 4) is 5.75 Å². The Bertz CT molecular complexity index is 540. The second-order valence-electron chi connectivity index (χ2n) is 7.20. The van der Waals surface area contributed by atoms with Gasteiger partial charge in [0, 0.05) is 25.7 Å². The lowest BCUT2D eigenvalue weighted by Crippen LogP contribution is -2.49. The molecule has 138 valence electrons. The highest BCUT2D eigenvalue weighted by Crippen LogP contribution is 2.21. The van der Waals surface area contributed by atoms with E-state index in [-0.39, 0.29) is 5.91 Å². The Morgan fingerprint density at radius 3 is 2.52 bits per heavy atom. The maximum absolute atomic E-state index is 12.9. The number of carbonyl (C=O) groups is 1. The van der Waals surface area contributed by atoms with Crippen LogP contribution in [0.3, 0.4) is 0 Å². The summed E-state index contributed by atoms with van der Waals surface area (Å²) in [6.45, 7) is 5.38. The summed E-state index contributed by atoms with van der Waals surface area (Å²) < 4.78 is 5.50. The highest BCUT2D eigenvalue weighted by Gasteiger charge is 2.28. The Morgan fingerprint density at radius 2 is 1.80 bits per heavy atom. The van der Waals surface area contributed by atoms with Gasteiger partial charge in [0.05, 0.1) is 6.42 Å². The van der Waals surface area contributed by atoms with E-state index in [1.807, 2.05) is 24.3 Å². The van der Waals surface area contributed by atoms with Crippen molar-refractivity contribution in [2.45, 2.75) is 44.6 Å². The molecule has 0 bridgehead atoms. The van der Waals surface area contributed by atoms with Gasteiger partial charge in [0.1, 0.15) is 12.4 Å². The van der Waals surface area contributed by atoms with E-state index in [1.54, 1.807) is 0 Å². The van der Waals surface area contributed by atoms with Gasteiger partial charge in [-0.2, -0.15) is 0 Å². The van der Waals surface area contributed by atoms with Crippen LogP contribution in [0.1, 0.15) is 37.7 Å². The first-order chi connectivity index (χ1) is 12.3. The van der Waals surface area contributed by atoms with Crippen molar-refractivity contribution in [1.29, 1.82) is 0 Å². The summed E-state index contributed by atoms with van der Waals surface area (Å²) in [5, 5.41) is 0. The molecule has 1 aromatic rings. The number of piperidine rings is 1. The minimum absolute atomic E-state index is 0.263. The van der Waals surface area contributed by atoms with Crippen molar-refractivity contribution in [2.75, 3.05) is 39.3 Å². The van der Waals surface area contributed by atoms with Crippen molar-refractivity contribution in [2.24, 2.45) is 5.73 Å². The number of rotatable bonds is 7. The second kappa shape index (κ2) is 9.20. The van der Waals surface area contributed by atoms with E-state index in [1.165, 1.54) is 32.4 Å². The Kier molecular flexibility index (Phi) is 6.70. The lowest BCUT2D eigenvalue weighted by atomic mass is 10.00. The zero-order chi connectivity index (χ0) is 17.5. The largest absolute Gasteiger partial charge is 0.492 e. The van der Waals surface area contributed by atoms with Crippen LogP contribution >= 0.6 is 0 Å². The zero-order valence-electron chi connectivity index (χ0n) is 15.2. The van der Waals surface area contributed by atoms with E-state index in [0.717, 1.165) is 37.2 Å². The Labute approximate surface area is 151 Å². The molecular weight excluding hydrogens is 314 g/mol. The monoisotopic (exact) mass is 345 g/mol. The number of amides is 1. The lowest BCUT2D eigenvalue weighted by molar-refractivity contribution is -0.134. The van der Waals surface area contributed by atoms with Crippen molar-refractivity contribution in [3.63, 3.8) is 0 Å². The van der Waals surface area contributed by atoms with Gasteiger partial charge in [0.2, 0.25) is 5.91 Å².